The Balaban J connectivity index is 1.71. The van der Waals surface area contributed by atoms with Gasteiger partial charge in [-0.3, -0.25) is 0 Å². The molecule has 3 nitrogen and oxygen atoms in total. The van der Waals surface area contributed by atoms with Crippen molar-refractivity contribution in [1.82, 2.24) is 4.90 Å². The molecule has 0 bridgehead atoms. The number of piperidine rings is 1. The van der Waals surface area contributed by atoms with Crippen molar-refractivity contribution >= 4 is 6.09 Å². The average Bonchev–Trinajstić information content (AvgIpc) is 3.04. The van der Waals surface area contributed by atoms with E-state index >= 15 is 0 Å². The number of nitrogens with zero attached hydrogens (tertiary/aromatic N) is 1. The van der Waals surface area contributed by atoms with E-state index in [1.807, 2.05) is 35.2 Å². The number of likely N-dealkylation sites (tertiary alicyclic amines) is 1. The standard InChI is InChI=1S/C19H23NO2/c21-18(20-15-7-2-8-16-20)22-19(12-5-6-13-19)14-11-17-9-3-1-4-10-17/h1,3-4,9-10H,2,5-8,12-13,15-16H2. The predicted octanol–water partition coefficient (Wildman–Crippen LogP) is 3.97. The van der Waals surface area contributed by atoms with Crippen LogP contribution in [0.1, 0.15) is 50.5 Å². The van der Waals surface area contributed by atoms with Crippen molar-refractivity contribution in [2.45, 2.75) is 50.5 Å². The molecule has 1 saturated carbocycles. The summed E-state index contributed by atoms with van der Waals surface area (Å²) in [5.41, 5.74) is 0.396. The quantitative estimate of drug-likeness (QED) is 0.734. The SMILES string of the molecule is O=C(OC1(C#Cc2ccccc2)CCCC1)N1CCCCC1. The van der Waals surface area contributed by atoms with Crippen molar-refractivity contribution in [2.75, 3.05) is 13.1 Å². The fourth-order valence-corrected chi connectivity index (χ4v) is 3.21. The van der Waals surface area contributed by atoms with Gasteiger partial charge in [0, 0.05) is 18.7 Å². The maximum absolute atomic E-state index is 12.4. The van der Waals surface area contributed by atoms with Crippen LogP contribution < -0.4 is 0 Å². The fraction of sp³-hybridized carbons (Fsp3) is 0.526. The van der Waals surface area contributed by atoms with Crippen molar-refractivity contribution < 1.29 is 9.53 Å². The Hall–Kier alpha value is -1.95. The summed E-state index contributed by atoms with van der Waals surface area (Å²) >= 11 is 0. The van der Waals surface area contributed by atoms with Crippen LogP contribution in [0.15, 0.2) is 30.3 Å². The Morgan fingerprint density at radius 3 is 2.36 bits per heavy atom. The second-order valence-corrected chi connectivity index (χ2v) is 6.23. The summed E-state index contributed by atoms with van der Waals surface area (Å²) in [4.78, 5) is 14.2. The average molecular weight is 297 g/mol. The molecule has 0 N–H and O–H groups in total. The first-order chi connectivity index (χ1) is 10.8. The van der Waals surface area contributed by atoms with E-state index in [1.54, 1.807) is 0 Å². The van der Waals surface area contributed by atoms with Gasteiger partial charge in [0.2, 0.25) is 0 Å². The molecule has 0 spiro atoms. The molecule has 1 aromatic carbocycles. The molecule has 1 aromatic rings. The van der Waals surface area contributed by atoms with Crippen LogP contribution in [0.5, 0.6) is 0 Å². The van der Waals surface area contributed by atoms with Gasteiger partial charge in [0.1, 0.15) is 0 Å². The third-order valence-electron chi connectivity index (χ3n) is 4.52. The Kier molecular flexibility index (Phi) is 4.68. The number of amides is 1. The van der Waals surface area contributed by atoms with Gasteiger partial charge in [-0.2, -0.15) is 0 Å². The first-order valence-electron chi connectivity index (χ1n) is 8.34. The van der Waals surface area contributed by atoms with Crippen molar-refractivity contribution in [2.24, 2.45) is 0 Å². The van der Waals surface area contributed by atoms with Crippen LogP contribution >= 0.6 is 0 Å². The van der Waals surface area contributed by atoms with Crippen LogP contribution in [0.4, 0.5) is 4.79 Å². The molecule has 1 aliphatic heterocycles. The van der Waals surface area contributed by atoms with Gasteiger partial charge in [0.25, 0.3) is 0 Å². The number of carbonyl (C=O) groups is 1. The summed E-state index contributed by atoms with van der Waals surface area (Å²) < 4.78 is 5.87. The molecule has 0 unspecified atom stereocenters. The molecule has 116 valence electrons. The highest BCUT2D eigenvalue weighted by Gasteiger charge is 2.37. The van der Waals surface area contributed by atoms with Crippen molar-refractivity contribution in [3.63, 3.8) is 0 Å². The zero-order valence-corrected chi connectivity index (χ0v) is 13.0. The van der Waals surface area contributed by atoms with Gasteiger partial charge in [-0.05, 0) is 63.0 Å². The lowest BCUT2D eigenvalue weighted by atomic mass is 10.0. The van der Waals surface area contributed by atoms with Crippen LogP contribution in [-0.4, -0.2) is 29.7 Å². The van der Waals surface area contributed by atoms with Crippen molar-refractivity contribution in [1.29, 1.82) is 0 Å². The fourth-order valence-electron chi connectivity index (χ4n) is 3.21. The molecule has 0 aromatic heterocycles. The summed E-state index contributed by atoms with van der Waals surface area (Å²) in [5, 5.41) is 0. The van der Waals surface area contributed by atoms with Crippen molar-refractivity contribution in [3.05, 3.63) is 35.9 Å². The maximum atomic E-state index is 12.4. The Bertz CT molecular complexity index is 558. The van der Waals surface area contributed by atoms with Crippen LogP contribution in [0.2, 0.25) is 0 Å². The lowest BCUT2D eigenvalue weighted by Gasteiger charge is -2.30. The number of rotatable bonds is 1. The van der Waals surface area contributed by atoms with Crippen LogP contribution in [-0.2, 0) is 4.74 Å². The van der Waals surface area contributed by atoms with E-state index < -0.39 is 5.60 Å². The first kappa shape index (κ1) is 15.0. The van der Waals surface area contributed by atoms with Gasteiger partial charge in [0.15, 0.2) is 5.60 Å². The predicted molar refractivity (Wildman–Crippen MR) is 86.4 cm³/mol. The number of hydrogen-bond donors (Lipinski definition) is 0. The molecule has 0 atom stereocenters. The third-order valence-corrected chi connectivity index (χ3v) is 4.52. The van der Waals surface area contributed by atoms with E-state index in [0.717, 1.165) is 57.2 Å². The largest absolute Gasteiger partial charge is 0.430 e. The second-order valence-electron chi connectivity index (χ2n) is 6.23. The smallest absolute Gasteiger partial charge is 0.411 e. The topological polar surface area (TPSA) is 29.5 Å². The summed E-state index contributed by atoms with van der Waals surface area (Å²) in [5.74, 6) is 6.45. The number of benzene rings is 1. The lowest BCUT2D eigenvalue weighted by molar-refractivity contribution is 0.0264. The molecule has 1 heterocycles. The number of carbonyl (C=O) groups excluding carboxylic acids is 1. The molecule has 2 fully saturated rings. The van der Waals surface area contributed by atoms with Gasteiger partial charge in [-0.25, -0.2) is 4.79 Å². The summed E-state index contributed by atoms with van der Waals surface area (Å²) in [6.07, 6.45) is 7.06. The van der Waals surface area contributed by atoms with E-state index in [0.29, 0.717) is 0 Å². The molecule has 3 rings (SSSR count). The van der Waals surface area contributed by atoms with E-state index in [9.17, 15) is 4.79 Å². The Morgan fingerprint density at radius 1 is 1.00 bits per heavy atom. The molecule has 0 radical (unpaired) electrons. The monoisotopic (exact) mass is 297 g/mol. The van der Waals surface area contributed by atoms with Crippen molar-refractivity contribution in [3.8, 4) is 11.8 Å². The Labute approximate surface area is 132 Å². The van der Waals surface area contributed by atoms with Crippen LogP contribution in [0.3, 0.4) is 0 Å². The third kappa shape index (κ3) is 3.62. The van der Waals surface area contributed by atoms with Gasteiger partial charge >= 0.3 is 6.09 Å². The minimum absolute atomic E-state index is 0.177. The molecule has 1 aliphatic carbocycles. The molecular formula is C19H23NO2. The summed E-state index contributed by atoms with van der Waals surface area (Å²) in [6, 6.07) is 9.91. The number of ether oxygens (including phenoxy) is 1. The second kappa shape index (κ2) is 6.87. The molecule has 1 saturated heterocycles. The normalized spacial score (nSPS) is 20.1. The van der Waals surface area contributed by atoms with E-state index in [2.05, 4.69) is 11.8 Å². The molecule has 22 heavy (non-hydrogen) atoms. The minimum Gasteiger partial charge on any atom is -0.430 e. The van der Waals surface area contributed by atoms with E-state index in [-0.39, 0.29) is 6.09 Å². The van der Waals surface area contributed by atoms with E-state index in [1.165, 1.54) is 6.42 Å². The lowest BCUT2D eigenvalue weighted by Crippen LogP contribution is -2.41. The van der Waals surface area contributed by atoms with Gasteiger partial charge in [-0.1, -0.05) is 24.1 Å². The molecule has 2 aliphatic rings. The van der Waals surface area contributed by atoms with Crippen LogP contribution in [0.25, 0.3) is 0 Å². The highest BCUT2D eigenvalue weighted by atomic mass is 16.6. The molecule has 3 heteroatoms. The molecular weight excluding hydrogens is 274 g/mol. The highest BCUT2D eigenvalue weighted by Crippen LogP contribution is 2.33. The zero-order chi connectivity index (χ0) is 15.3. The van der Waals surface area contributed by atoms with Gasteiger partial charge in [-0.15, -0.1) is 0 Å². The minimum atomic E-state index is -0.579. The van der Waals surface area contributed by atoms with Gasteiger partial charge < -0.3 is 9.64 Å². The Morgan fingerprint density at radius 2 is 1.68 bits per heavy atom. The zero-order valence-electron chi connectivity index (χ0n) is 13.0. The summed E-state index contributed by atoms with van der Waals surface area (Å²) in [7, 11) is 0. The number of hydrogen-bond acceptors (Lipinski definition) is 2. The van der Waals surface area contributed by atoms with Crippen LogP contribution in [0, 0.1) is 11.8 Å². The maximum Gasteiger partial charge on any atom is 0.411 e. The van der Waals surface area contributed by atoms with Gasteiger partial charge in [0.05, 0.1) is 0 Å². The highest BCUT2D eigenvalue weighted by molar-refractivity contribution is 5.69. The first-order valence-corrected chi connectivity index (χ1v) is 8.34. The van der Waals surface area contributed by atoms with E-state index in [4.69, 9.17) is 4.74 Å². The molecule has 1 amide bonds. The summed E-state index contributed by atoms with van der Waals surface area (Å²) in [6.45, 7) is 1.64.